The lowest BCUT2D eigenvalue weighted by molar-refractivity contribution is 0.102. The molecule has 0 fully saturated rings. The van der Waals surface area contributed by atoms with Crippen molar-refractivity contribution in [2.45, 2.75) is 6.92 Å². The van der Waals surface area contributed by atoms with Gasteiger partial charge in [0.1, 0.15) is 17.2 Å². The molecule has 27 heavy (non-hydrogen) atoms. The number of pyridine rings is 1. The van der Waals surface area contributed by atoms with E-state index in [1.165, 1.54) is 12.3 Å². The van der Waals surface area contributed by atoms with Crippen LogP contribution in [-0.4, -0.2) is 15.9 Å². The van der Waals surface area contributed by atoms with Crippen LogP contribution in [0.2, 0.25) is 0 Å². The number of nitrogens with zero attached hydrogens (tertiary/aromatic N) is 2. The van der Waals surface area contributed by atoms with E-state index in [2.05, 4.69) is 20.6 Å². The SMILES string of the molecule is Cc1nc2cc(NC(=O)c3cccnc3Nc3ccccc3F)ccc2o1. The van der Waals surface area contributed by atoms with E-state index in [0.717, 1.165) is 0 Å². The van der Waals surface area contributed by atoms with Gasteiger partial charge in [-0.15, -0.1) is 0 Å². The molecule has 2 N–H and O–H groups in total. The Bertz CT molecular complexity index is 1140. The van der Waals surface area contributed by atoms with Gasteiger partial charge in [-0.25, -0.2) is 14.4 Å². The Hall–Kier alpha value is -3.74. The predicted molar refractivity (Wildman–Crippen MR) is 101 cm³/mol. The van der Waals surface area contributed by atoms with Gasteiger partial charge in [-0.3, -0.25) is 4.79 Å². The second kappa shape index (κ2) is 6.87. The summed E-state index contributed by atoms with van der Waals surface area (Å²) in [5.74, 6) is 0.0124. The molecule has 0 atom stereocenters. The van der Waals surface area contributed by atoms with Crippen molar-refractivity contribution in [2.24, 2.45) is 0 Å². The highest BCUT2D eigenvalue weighted by atomic mass is 19.1. The Morgan fingerprint density at radius 1 is 1.11 bits per heavy atom. The summed E-state index contributed by atoms with van der Waals surface area (Å²) in [4.78, 5) is 21.1. The third-order valence-electron chi connectivity index (χ3n) is 3.93. The molecule has 0 bridgehead atoms. The minimum Gasteiger partial charge on any atom is -0.441 e. The number of halogens is 1. The summed E-state index contributed by atoms with van der Waals surface area (Å²) in [5, 5.41) is 5.67. The van der Waals surface area contributed by atoms with Gasteiger partial charge in [-0.2, -0.15) is 0 Å². The number of nitrogens with one attached hydrogen (secondary N) is 2. The number of carbonyl (C=O) groups is 1. The Morgan fingerprint density at radius 2 is 1.96 bits per heavy atom. The van der Waals surface area contributed by atoms with Crippen LogP contribution in [0, 0.1) is 12.7 Å². The van der Waals surface area contributed by atoms with Gasteiger partial charge in [0.05, 0.1) is 11.3 Å². The molecular formula is C20H15FN4O2. The second-order valence-electron chi connectivity index (χ2n) is 5.87. The highest BCUT2D eigenvalue weighted by Gasteiger charge is 2.14. The van der Waals surface area contributed by atoms with Crippen molar-refractivity contribution in [3.63, 3.8) is 0 Å². The molecule has 0 aliphatic carbocycles. The number of hydrogen-bond donors (Lipinski definition) is 2. The van der Waals surface area contributed by atoms with Gasteiger partial charge < -0.3 is 15.1 Å². The third-order valence-corrected chi connectivity index (χ3v) is 3.93. The second-order valence-corrected chi connectivity index (χ2v) is 5.87. The van der Waals surface area contributed by atoms with Crippen LogP contribution in [-0.2, 0) is 0 Å². The first-order valence-electron chi connectivity index (χ1n) is 8.25. The van der Waals surface area contributed by atoms with Crippen LogP contribution < -0.4 is 10.6 Å². The maximum Gasteiger partial charge on any atom is 0.259 e. The van der Waals surface area contributed by atoms with Crippen molar-refractivity contribution in [1.82, 2.24) is 9.97 Å². The van der Waals surface area contributed by atoms with Crippen molar-refractivity contribution in [2.75, 3.05) is 10.6 Å². The molecule has 1 amide bonds. The average molecular weight is 362 g/mol. The van der Waals surface area contributed by atoms with Crippen LogP contribution in [0.5, 0.6) is 0 Å². The average Bonchev–Trinajstić information content (AvgIpc) is 3.03. The summed E-state index contributed by atoms with van der Waals surface area (Å²) in [5.41, 5.74) is 2.40. The van der Waals surface area contributed by atoms with Gasteiger partial charge in [0, 0.05) is 18.8 Å². The zero-order valence-electron chi connectivity index (χ0n) is 14.4. The fourth-order valence-electron chi connectivity index (χ4n) is 2.70. The number of para-hydroxylation sites is 1. The minimum absolute atomic E-state index is 0.241. The van der Waals surface area contributed by atoms with Gasteiger partial charge in [-0.05, 0) is 42.5 Å². The normalized spacial score (nSPS) is 10.7. The number of rotatable bonds is 4. The summed E-state index contributed by atoms with van der Waals surface area (Å²) < 4.78 is 19.3. The quantitative estimate of drug-likeness (QED) is 0.552. The van der Waals surface area contributed by atoms with Crippen LogP contribution in [0.1, 0.15) is 16.2 Å². The molecule has 2 aromatic heterocycles. The first kappa shape index (κ1) is 16.7. The molecule has 0 aliphatic rings. The molecule has 4 aromatic rings. The molecule has 6 nitrogen and oxygen atoms in total. The Morgan fingerprint density at radius 3 is 2.81 bits per heavy atom. The van der Waals surface area contributed by atoms with Gasteiger partial charge in [0.15, 0.2) is 11.5 Å². The zero-order valence-corrected chi connectivity index (χ0v) is 14.4. The van der Waals surface area contributed by atoms with Crippen molar-refractivity contribution < 1.29 is 13.6 Å². The molecule has 134 valence electrons. The number of hydrogen-bond acceptors (Lipinski definition) is 5. The first-order chi connectivity index (χ1) is 13.1. The molecule has 0 unspecified atom stereocenters. The topological polar surface area (TPSA) is 80.0 Å². The number of anilines is 3. The third kappa shape index (κ3) is 3.48. The molecule has 0 spiro atoms. The molecule has 0 aliphatic heterocycles. The summed E-state index contributed by atoms with van der Waals surface area (Å²) in [6, 6.07) is 14.7. The summed E-state index contributed by atoms with van der Waals surface area (Å²) in [6.45, 7) is 1.76. The summed E-state index contributed by atoms with van der Waals surface area (Å²) in [6.07, 6.45) is 1.53. The lowest BCUT2D eigenvalue weighted by Gasteiger charge is -2.11. The molecular weight excluding hydrogens is 347 g/mol. The van der Waals surface area contributed by atoms with Crippen LogP contribution >= 0.6 is 0 Å². The summed E-state index contributed by atoms with van der Waals surface area (Å²) >= 11 is 0. The van der Waals surface area contributed by atoms with Crippen molar-refractivity contribution in [3.05, 3.63) is 78.1 Å². The molecule has 0 saturated carbocycles. The van der Waals surface area contributed by atoms with E-state index >= 15 is 0 Å². The highest BCUT2D eigenvalue weighted by molar-refractivity contribution is 6.08. The number of aryl methyl sites for hydroxylation is 1. The van der Waals surface area contributed by atoms with E-state index in [1.807, 2.05) is 0 Å². The number of fused-ring (bicyclic) bond motifs is 1. The molecule has 0 radical (unpaired) electrons. The van der Waals surface area contributed by atoms with E-state index in [-0.39, 0.29) is 23.0 Å². The monoisotopic (exact) mass is 362 g/mol. The van der Waals surface area contributed by atoms with Gasteiger partial charge in [-0.1, -0.05) is 12.1 Å². The van der Waals surface area contributed by atoms with Crippen LogP contribution in [0.3, 0.4) is 0 Å². The minimum atomic E-state index is -0.429. The number of aromatic nitrogens is 2. The Kier molecular flexibility index (Phi) is 4.25. The standard InChI is InChI=1S/C20H15FN4O2/c1-12-23-17-11-13(8-9-18(17)27-12)24-20(26)14-5-4-10-22-19(14)25-16-7-3-2-6-15(16)21/h2-11H,1H3,(H,22,25)(H,24,26). The number of carbonyl (C=O) groups excluding carboxylic acids is 1. The van der Waals surface area contributed by atoms with Crippen molar-refractivity contribution in [3.8, 4) is 0 Å². The molecule has 2 heterocycles. The van der Waals surface area contributed by atoms with Gasteiger partial charge >= 0.3 is 0 Å². The molecule has 7 heteroatoms. The number of benzene rings is 2. The fraction of sp³-hybridized carbons (Fsp3) is 0.0500. The highest BCUT2D eigenvalue weighted by Crippen LogP contribution is 2.23. The molecule has 0 saturated heterocycles. The zero-order chi connectivity index (χ0) is 18.8. The van der Waals surface area contributed by atoms with Crippen LogP contribution in [0.25, 0.3) is 11.1 Å². The number of oxazole rings is 1. The van der Waals surface area contributed by atoms with Crippen LogP contribution in [0.4, 0.5) is 21.6 Å². The smallest absolute Gasteiger partial charge is 0.259 e. The number of amides is 1. The van der Waals surface area contributed by atoms with E-state index in [1.54, 1.807) is 55.5 Å². The summed E-state index contributed by atoms with van der Waals surface area (Å²) in [7, 11) is 0. The van der Waals surface area contributed by atoms with E-state index in [0.29, 0.717) is 22.7 Å². The molecule has 2 aromatic carbocycles. The van der Waals surface area contributed by atoms with Gasteiger partial charge in [0.2, 0.25) is 0 Å². The van der Waals surface area contributed by atoms with Crippen molar-refractivity contribution in [1.29, 1.82) is 0 Å². The Labute approximate surface area is 154 Å². The maximum atomic E-state index is 13.9. The lowest BCUT2D eigenvalue weighted by Crippen LogP contribution is -2.14. The lowest BCUT2D eigenvalue weighted by atomic mass is 10.2. The predicted octanol–water partition coefficient (Wildman–Crippen LogP) is 4.67. The Balaban J connectivity index is 1.60. The fourth-order valence-corrected chi connectivity index (χ4v) is 2.70. The van der Waals surface area contributed by atoms with E-state index in [9.17, 15) is 9.18 Å². The van der Waals surface area contributed by atoms with Gasteiger partial charge in [0.25, 0.3) is 5.91 Å². The largest absolute Gasteiger partial charge is 0.441 e. The van der Waals surface area contributed by atoms with Crippen LogP contribution in [0.15, 0.2) is 65.2 Å². The van der Waals surface area contributed by atoms with E-state index in [4.69, 9.17) is 4.42 Å². The maximum absolute atomic E-state index is 13.9. The first-order valence-corrected chi connectivity index (χ1v) is 8.25. The van der Waals surface area contributed by atoms with Crippen molar-refractivity contribution >= 4 is 34.2 Å². The molecule has 4 rings (SSSR count). The van der Waals surface area contributed by atoms with E-state index < -0.39 is 5.82 Å².